The summed E-state index contributed by atoms with van der Waals surface area (Å²) in [5, 5.41) is 0. The van der Waals surface area contributed by atoms with Crippen molar-refractivity contribution in [2.24, 2.45) is 0 Å². The zero-order valence-corrected chi connectivity index (χ0v) is 14.0. The van der Waals surface area contributed by atoms with Crippen molar-refractivity contribution in [1.82, 2.24) is 0 Å². The minimum atomic E-state index is -0.343. The fourth-order valence-corrected chi connectivity index (χ4v) is 1.68. The van der Waals surface area contributed by atoms with Gasteiger partial charge in [-0.25, -0.2) is 4.79 Å². The number of esters is 1. The lowest BCUT2D eigenvalue weighted by molar-refractivity contribution is -0.00719. The van der Waals surface area contributed by atoms with Crippen LogP contribution in [0, 0.1) is 0 Å². The summed E-state index contributed by atoms with van der Waals surface area (Å²) in [7, 11) is 0. The van der Waals surface area contributed by atoms with E-state index in [4.69, 9.17) is 23.7 Å². The monoisotopic (exact) mass is 338 g/mol. The molecule has 24 heavy (non-hydrogen) atoms. The molecule has 0 amide bonds. The molecule has 0 aliphatic carbocycles. The second-order valence-corrected chi connectivity index (χ2v) is 4.70. The van der Waals surface area contributed by atoms with Crippen molar-refractivity contribution in [1.29, 1.82) is 0 Å². The molecule has 0 bridgehead atoms. The van der Waals surface area contributed by atoms with E-state index in [9.17, 15) is 4.79 Å². The molecular formula is C18H26O6. The molecule has 1 aromatic carbocycles. The Bertz CT molecular complexity index is 434. The normalized spacial score (nSPS) is 10.5. The average Bonchev–Trinajstić information content (AvgIpc) is 2.62. The van der Waals surface area contributed by atoms with E-state index >= 15 is 0 Å². The van der Waals surface area contributed by atoms with Gasteiger partial charge in [0, 0.05) is 0 Å². The fourth-order valence-electron chi connectivity index (χ4n) is 1.68. The standard InChI is InChI=1S/C18H26O6/c1-2-8-20-9-10-21-11-12-22-13-14-23-15-16-24-18(19)17-6-4-3-5-7-17/h2-7H,1,8-16H2. The van der Waals surface area contributed by atoms with Crippen molar-refractivity contribution in [2.45, 2.75) is 0 Å². The average molecular weight is 338 g/mol. The van der Waals surface area contributed by atoms with Crippen LogP contribution in [0.2, 0.25) is 0 Å². The maximum atomic E-state index is 11.6. The number of hydrogen-bond acceptors (Lipinski definition) is 6. The van der Waals surface area contributed by atoms with Gasteiger partial charge in [-0.15, -0.1) is 6.58 Å². The third-order valence-corrected chi connectivity index (χ3v) is 2.82. The molecule has 0 aromatic heterocycles. The van der Waals surface area contributed by atoms with Gasteiger partial charge in [0.15, 0.2) is 0 Å². The van der Waals surface area contributed by atoms with E-state index < -0.39 is 0 Å². The van der Waals surface area contributed by atoms with E-state index in [1.54, 1.807) is 30.3 Å². The van der Waals surface area contributed by atoms with Gasteiger partial charge in [-0.3, -0.25) is 0 Å². The summed E-state index contributed by atoms with van der Waals surface area (Å²) < 4.78 is 26.2. The third-order valence-electron chi connectivity index (χ3n) is 2.82. The van der Waals surface area contributed by atoms with Crippen LogP contribution in [0.4, 0.5) is 0 Å². The van der Waals surface area contributed by atoms with Gasteiger partial charge in [0.05, 0.1) is 58.4 Å². The smallest absolute Gasteiger partial charge is 0.338 e. The van der Waals surface area contributed by atoms with Crippen LogP contribution in [-0.4, -0.2) is 65.4 Å². The Labute approximate surface area is 143 Å². The van der Waals surface area contributed by atoms with Gasteiger partial charge in [0.1, 0.15) is 6.61 Å². The minimum absolute atomic E-state index is 0.224. The highest BCUT2D eigenvalue weighted by Crippen LogP contribution is 2.00. The van der Waals surface area contributed by atoms with Gasteiger partial charge >= 0.3 is 5.97 Å². The van der Waals surface area contributed by atoms with Gasteiger partial charge in [-0.2, -0.15) is 0 Å². The first-order valence-electron chi connectivity index (χ1n) is 7.98. The Morgan fingerprint density at radius 2 is 1.29 bits per heavy atom. The summed E-state index contributed by atoms with van der Waals surface area (Å²) in [6.45, 7) is 7.71. The van der Waals surface area contributed by atoms with E-state index in [1.807, 2.05) is 6.07 Å². The summed E-state index contributed by atoms with van der Waals surface area (Å²) >= 11 is 0. The number of carbonyl (C=O) groups excluding carboxylic acids is 1. The molecular weight excluding hydrogens is 312 g/mol. The molecule has 0 unspecified atom stereocenters. The SMILES string of the molecule is C=CCOCCOCCOCCOCCOC(=O)c1ccccc1. The first-order valence-corrected chi connectivity index (χ1v) is 7.98. The Kier molecular flexibility index (Phi) is 12.6. The van der Waals surface area contributed by atoms with Crippen molar-refractivity contribution in [3.63, 3.8) is 0 Å². The van der Waals surface area contributed by atoms with E-state index in [0.717, 1.165) is 0 Å². The number of hydrogen-bond donors (Lipinski definition) is 0. The summed E-state index contributed by atoms with van der Waals surface area (Å²) in [5.74, 6) is -0.343. The Balaban J connectivity index is 1.81. The molecule has 134 valence electrons. The molecule has 0 saturated carbocycles. The Morgan fingerprint density at radius 1 is 0.792 bits per heavy atom. The van der Waals surface area contributed by atoms with E-state index in [2.05, 4.69) is 6.58 Å². The molecule has 0 N–H and O–H groups in total. The van der Waals surface area contributed by atoms with Crippen molar-refractivity contribution in [3.8, 4) is 0 Å². The van der Waals surface area contributed by atoms with Crippen LogP contribution in [0.1, 0.15) is 10.4 Å². The van der Waals surface area contributed by atoms with Crippen molar-refractivity contribution >= 4 is 5.97 Å². The molecule has 6 nitrogen and oxygen atoms in total. The molecule has 0 atom stereocenters. The van der Waals surface area contributed by atoms with Crippen LogP contribution in [0.15, 0.2) is 43.0 Å². The fraction of sp³-hybridized carbons (Fsp3) is 0.500. The first-order chi connectivity index (χ1) is 11.8. The largest absolute Gasteiger partial charge is 0.460 e. The predicted molar refractivity (Wildman–Crippen MR) is 90.2 cm³/mol. The molecule has 0 fully saturated rings. The summed E-state index contributed by atoms with van der Waals surface area (Å²) in [4.78, 5) is 11.6. The van der Waals surface area contributed by atoms with Crippen LogP contribution < -0.4 is 0 Å². The van der Waals surface area contributed by atoms with Gasteiger partial charge < -0.3 is 23.7 Å². The zero-order chi connectivity index (χ0) is 17.3. The summed E-state index contributed by atoms with van der Waals surface area (Å²) in [6.07, 6.45) is 1.70. The third kappa shape index (κ3) is 10.9. The van der Waals surface area contributed by atoms with Gasteiger partial charge in [0.25, 0.3) is 0 Å². The van der Waals surface area contributed by atoms with Gasteiger partial charge in [-0.05, 0) is 12.1 Å². The summed E-state index contributed by atoms with van der Waals surface area (Å²) in [6, 6.07) is 8.86. The maximum absolute atomic E-state index is 11.6. The molecule has 1 rings (SSSR count). The topological polar surface area (TPSA) is 63.2 Å². The molecule has 0 spiro atoms. The molecule has 1 aromatic rings. The van der Waals surface area contributed by atoms with E-state index in [-0.39, 0.29) is 12.6 Å². The number of ether oxygens (including phenoxy) is 5. The Hall–Kier alpha value is -1.73. The molecule has 0 heterocycles. The zero-order valence-electron chi connectivity index (χ0n) is 14.0. The molecule has 0 saturated heterocycles. The molecule has 0 aliphatic heterocycles. The second kappa shape index (κ2) is 14.8. The van der Waals surface area contributed by atoms with Crippen LogP contribution in [0.25, 0.3) is 0 Å². The lowest BCUT2D eigenvalue weighted by atomic mass is 10.2. The van der Waals surface area contributed by atoms with Crippen molar-refractivity contribution in [2.75, 3.05) is 59.5 Å². The first kappa shape index (κ1) is 20.3. The van der Waals surface area contributed by atoms with Crippen LogP contribution >= 0.6 is 0 Å². The number of rotatable bonds is 15. The highest BCUT2D eigenvalue weighted by atomic mass is 16.6. The molecule has 0 radical (unpaired) electrons. The highest BCUT2D eigenvalue weighted by Gasteiger charge is 2.04. The van der Waals surface area contributed by atoms with Gasteiger partial charge in [0.2, 0.25) is 0 Å². The molecule has 6 heteroatoms. The minimum Gasteiger partial charge on any atom is -0.460 e. The molecule has 0 aliphatic rings. The van der Waals surface area contributed by atoms with E-state index in [0.29, 0.717) is 58.4 Å². The number of carbonyl (C=O) groups is 1. The van der Waals surface area contributed by atoms with Crippen molar-refractivity contribution < 1.29 is 28.5 Å². The van der Waals surface area contributed by atoms with Crippen LogP contribution in [-0.2, 0) is 23.7 Å². The lowest BCUT2D eigenvalue weighted by Gasteiger charge is -2.07. The second-order valence-electron chi connectivity index (χ2n) is 4.70. The predicted octanol–water partition coefficient (Wildman–Crippen LogP) is 2.10. The summed E-state index contributed by atoms with van der Waals surface area (Å²) in [5.41, 5.74) is 0.538. The van der Waals surface area contributed by atoms with Crippen LogP contribution in [0.5, 0.6) is 0 Å². The maximum Gasteiger partial charge on any atom is 0.338 e. The number of benzene rings is 1. The van der Waals surface area contributed by atoms with Gasteiger partial charge in [-0.1, -0.05) is 24.3 Å². The quantitative estimate of drug-likeness (QED) is 0.277. The van der Waals surface area contributed by atoms with E-state index in [1.165, 1.54) is 0 Å². The van der Waals surface area contributed by atoms with Crippen molar-refractivity contribution in [3.05, 3.63) is 48.6 Å². The highest BCUT2D eigenvalue weighted by molar-refractivity contribution is 5.89. The van der Waals surface area contributed by atoms with Crippen LogP contribution in [0.3, 0.4) is 0 Å². The Morgan fingerprint density at radius 3 is 1.83 bits per heavy atom. The lowest BCUT2D eigenvalue weighted by Crippen LogP contribution is -2.14.